The molecular formula is C31H38N4O3S. The minimum absolute atomic E-state index is 0.288. The van der Waals surface area contributed by atoms with Gasteiger partial charge in [0.15, 0.2) is 9.84 Å². The van der Waals surface area contributed by atoms with Crippen LogP contribution >= 0.6 is 0 Å². The molecule has 1 N–H and O–H groups in total. The van der Waals surface area contributed by atoms with Gasteiger partial charge in [0.2, 0.25) is 0 Å². The summed E-state index contributed by atoms with van der Waals surface area (Å²) in [6.07, 6.45) is 1.21. The lowest BCUT2D eigenvalue weighted by Crippen LogP contribution is -2.48. The zero-order chi connectivity index (χ0) is 28.1. The Morgan fingerprint density at radius 2 is 1.49 bits per heavy atom. The summed E-state index contributed by atoms with van der Waals surface area (Å²) in [5, 5.41) is 12.0. The molecule has 4 aromatic rings. The molecule has 2 aromatic heterocycles. The highest BCUT2D eigenvalue weighted by Gasteiger charge is 2.25. The van der Waals surface area contributed by atoms with Gasteiger partial charge in [0.1, 0.15) is 5.60 Å². The number of hydrogen-bond donors (Lipinski definition) is 1. The second kappa shape index (κ2) is 10.1. The molecule has 1 aliphatic rings. The van der Waals surface area contributed by atoms with Crippen molar-refractivity contribution in [2.24, 2.45) is 7.05 Å². The molecular weight excluding hydrogens is 508 g/mol. The molecule has 0 atom stereocenters. The number of aliphatic hydroxyl groups is 1. The van der Waals surface area contributed by atoms with Crippen LogP contribution in [0.1, 0.15) is 33.4 Å². The predicted molar refractivity (Wildman–Crippen MR) is 159 cm³/mol. The molecule has 1 saturated heterocycles. The van der Waals surface area contributed by atoms with Crippen LogP contribution in [-0.2, 0) is 22.5 Å². The number of aromatic nitrogens is 2. The molecule has 8 heteroatoms. The lowest BCUT2D eigenvalue weighted by Gasteiger charge is -2.38. The Kier molecular flexibility index (Phi) is 7.07. The molecule has 7 nitrogen and oxygen atoms in total. The summed E-state index contributed by atoms with van der Waals surface area (Å²) in [6.45, 7) is 12.2. The SMILES string of the molecule is CC(C)N1CCN(c2ccc(-c3cc4c(cc(-c5ccc(S(C)(=O)=O)cc5)n4C)c(C(C)(C)O)n3)cc2)CC1. The van der Waals surface area contributed by atoms with Crippen molar-refractivity contribution in [3.8, 4) is 22.5 Å². The fourth-order valence-corrected chi connectivity index (χ4v) is 6.06. The fraction of sp³-hybridized carbons (Fsp3) is 0.387. The monoisotopic (exact) mass is 546 g/mol. The van der Waals surface area contributed by atoms with Crippen molar-refractivity contribution in [2.45, 2.75) is 44.2 Å². The average molecular weight is 547 g/mol. The van der Waals surface area contributed by atoms with Crippen molar-refractivity contribution in [3.63, 3.8) is 0 Å². The number of aryl methyl sites for hydroxylation is 1. The highest BCUT2D eigenvalue weighted by Crippen LogP contribution is 2.36. The van der Waals surface area contributed by atoms with E-state index in [1.807, 2.05) is 25.2 Å². The van der Waals surface area contributed by atoms with Gasteiger partial charge in [-0.2, -0.15) is 0 Å². The molecule has 2 aromatic carbocycles. The molecule has 1 aliphatic heterocycles. The first kappa shape index (κ1) is 27.4. The summed E-state index contributed by atoms with van der Waals surface area (Å²) in [4.78, 5) is 10.2. The first-order valence-corrected chi connectivity index (χ1v) is 15.4. The van der Waals surface area contributed by atoms with Crippen LogP contribution in [0.5, 0.6) is 0 Å². The fourth-order valence-electron chi connectivity index (χ4n) is 5.43. The average Bonchev–Trinajstić information content (AvgIpc) is 3.23. The molecule has 1 fully saturated rings. The van der Waals surface area contributed by atoms with E-state index in [-0.39, 0.29) is 4.90 Å². The van der Waals surface area contributed by atoms with Gasteiger partial charge in [-0.25, -0.2) is 13.4 Å². The first-order valence-electron chi connectivity index (χ1n) is 13.5. The standard InChI is InChI=1S/C31H38N4O3S/c1-21(2)34-15-17-35(18-16-34)24-11-7-22(8-12-24)27-20-29-26(30(32-27)31(3,4)36)19-28(33(29)5)23-9-13-25(14-10-23)39(6,37)38/h7-14,19-21,36H,15-18H2,1-6H3. The highest BCUT2D eigenvalue weighted by atomic mass is 32.2. The zero-order valence-electron chi connectivity index (χ0n) is 23.6. The molecule has 0 radical (unpaired) electrons. The molecule has 0 unspecified atom stereocenters. The first-order chi connectivity index (χ1) is 18.3. The summed E-state index contributed by atoms with van der Waals surface area (Å²) in [5.41, 5.74) is 5.24. The molecule has 0 aliphatic carbocycles. The number of rotatable bonds is 6. The lowest BCUT2D eigenvalue weighted by atomic mass is 9.99. The predicted octanol–water partition coefficient (Wildman–Crippen LogP) is 5.07. The number of sulfone groups is 1. The van der Waals surface area contributed by atoms with Crippen molar-refractivity contribution in [1.29, 1.82) is 0 Å². The van der Waals surface area contributed by atoms with E-state index >= 15 is 0 Å². The normalized spacial score (nSPS) is 15.4. The van der Waals surface area contributed by atoms with E-state index in [0.717, 1.165) is 59.6 Å². The van der Waals surface area contributed by atoms with Crippen LogP contribution in [-0.4, -0.2) is 66.5 Å². The van der Waals surface area contributed by atoms with Crippen molar-refractivity contribution < 1.29 is 13.5 Å². The van der Waals surface area contributed by atoms with Gasteiger partial charge in [-0.3, -0.25) is 4.90 Å². The Morgan fingerprint density at radius 3 is 2.03 bits per heavy atom. The van der Waals surface area contributed by atoms with Gasteiger partial charge in [-0.1, -0.05) is 24.3 Å². The molecule has 5 rings (SSSR count). The van der Waals surface area contributed by atoms with Crippen LogP contribution in [0.3, 0.4) is 0 Å². The van der Waals surface area contributed by atoms with E-state index in [9.17, 15) is 13.5 Å². The molecule has 206 valence electrons. The molecule has 3 heterocycles. The minimum atomic E-state index is -3.27. The summed E-state index contributed by atoms with van der Waals surface area (Å²) in [6, 6.07) is 20.1. The molecule has 0 saturated carbocycles. The Labute approximate surface area is 231 Å². The second-order valence-electron chi connectivity index (χ2n) is 11.4. The van der Waals surface area contributed by atoms with E-state index < -0.39 is 15.4 Å². The van der Waals surface area contributed by atoms with Gasteiger partial charge in [0.25, 0.3) is 0 Å². The van der Waals surface area contributed by atoms with Crippen molar-refractivity contribution in [1.82, 2.24) is 14.5 Å². The largest absolute Gasteiger partial charge is 0.384 e. The maximum absolute atomic E-state index is 11.9. The quantitative estimate of drug-likeness (QED) is 0.364. The smallest absolute Gasteiger partial charge is 0.175 e. The summed E-state index contributed by atoms with van der Waals surface area (Å²) in [7, 11) is -1.28. The van der Waals surface area contributed by atoms with Gasteiger partial charge in [-0.15, -0.1) is 0 Å². The summed E-state index contributed by atoms with van der Waals surface area (Å²) in [5.74, 6) is 0. The van der Waals surface area contributed by atoms with E-state index in [4.69, 9.17) is 4.98 Å². The van der Waals surface area contributed by atoms with E-state index in [0.29, 0.717) is 11.7 Å². The van der Waals surface area contributed by atoms with Crippen LogP contribution in [0.25, 0.3) is 33.4 Å². The van der Waals surface area contributed by atoms with Gasteiger partial charge < -0.3 is 14.6 Å². The van der Waals surface area contributed by atoms with Crippen molar-refractivity contribution in [3.05, 3.63) is 66.4 Å². The third-order valence-electron chi connectivity index (χ3n) is 7.77. The topological polar surface area (TPSA) is 78.7 Å². The van der Waals surface area contributed by atoms with Gasteiger partial charge in [0, 0.05) is 67.9 Å². The number of nitrogens with zero attached hydrogens (tertiary/aromatic N) is 4. The van der Waals surface area contributed by atoms with Crippen LogP contribution in [0.4, 0.5) is 5.69 Å². The van der Waals surface area contributed by atoms with Crippen molar-refractivity contribution in [2.75, 3.05) is 37.3 Å². The van der Waals surface area contributed by atoms with E-state index in [1.54, 1.807) is 26.0 Å². The van der Waals surface area contributed by atoms with Gasteiger partial charge in [0.05, 0.1) is 21.8 Å². The number of anilines is 1. The van der Waals surface area contributed by atoms with Crippen molar-refractivity contribution >= 4 is 26.4 Å². The number of benzene rings is 2. The third-order valence-corrected chi connectivity index (χ3v) is 8.90. The highest BCUT2D eigenvalue weighted by molar-refractivity contribution is 7.90. The summed E-state index contributed by atoms with van der Waals surface area (Å²) >= 11 is 0. The van der Waals surface area contributed by atoms with E-state index in [1.165, 1.54) is 11.9 Å². The Bertz CT molecular complexity index is 1590. The van der Waals surface area contributed by atoms with Crippen LogP contribution in [0, 0.1) is 0 Å². The Hall–Kier alpha value is -3.20. The minimum Gasteiger partial charge on any atom is -0.384 e. The molecule has 0 bridgehead atoms. The van der Waals surface area contributed by atoms with Crippen LogP contribution < -0.4 is 4.90 Å². The Morgan fingerprint density at radius 1 is 0.897 bits per heavy atom. The molecule has 0 amide bonds. The summed E-state index contributed by atoms with van der Waals surface area (Å²) < 4.78 is 25.9. The van der Waals surface area contributed by atoms with Crippen LogP contribution in [0.2, 0.25) is 0 Å². The van der Waals surface area contributed by atoms with E-state index in [2.05, 4.69) is 58.5 Å². The molecule has 0 spiro atoms. The number of piperazine rings is 1. The van der Waals surface area contributed by atoms with Gasteiger partial charge in [-0.05, 0) is 69.7 Å². The zero-order valence-corrected chi connectivity index (χ0v) is 24.5. The lowest BCUT2D eigenvalue weighted by molar-refractivity contribution is 0.0757. The molecule has 39 heavy (non-hydrogen) atoms. The maximum Gasteiger partial charge on any atom is 0.175 e. The van der Waals surface area contributed by atoms with Gasteiger partial charge >= 0.3 is 0 Å². The number of hydrogen-bond acceptors (Lipinski definition) is 6. The number of fused-ring (bicyclic) bond motifs is 1. The third kappa shape index (κ3) is 5.46. The second-order valence-corrected chi connectivity index (χ2v) is 13.4. The Balaban J connectivity index is 1.52. The number of pyridine rings is 1. The maximum atomic E-state index is 11.9. The van der Waals surface area contributed by atoms with Crippen LogP contribution in [0.15, 0.2) is 65.6 Å².